The van der Waals surface area contributed by atoms with Crippen LogP contribution in [-0.2, 0) is 14.4 Å². The lowest BCUT2D eigenvalue weighted by molar-refractivity contribution is -0.141. The third-order valence-corrected chi connectivity index (χ3v) is 7.12. The zero-order chi connectivity index (χ0) is 25.3. The standard InChI is InChI=1S/C26H47N3O4/c1-9-26(10-2,28-18(5)6)25(33)27-22(20-14-12-11-13-15-20)23(30)29(8)21(17(3)4)16-19(7)24(31)32/h16-18,20-22,28H,9-15H2,1-8H3,(H,27,33)(H,31,32)/b19-16+/t21-,22?/m1/s1. The predicted octanol–water partition coefficient (Wildman–Crippen LogP) is 4.12. The largest absolute Gasteiger partial charge is 0.478 e. The fourth-order valence-electron chi connectivity index (χ4n) is 4.97. The molecule has 3 N–H and O–H groups in total. The summed E-state index contributed by atoms with van der Waals surface area (Å²) in [5.41, 5.74) is -0.513. The van der Waals surface area contributed by atoms with E-state index in [1.165, 1.54) is 0 Å². The van der Waals surface area contributed by atoms with Gasteiger partial charge in [-0.3, -0.25) is 9.59 Å². The summed E-state index contributed by atoms with van der Waals surface area (Å²) in [6.07, 6.45) is 7.97. The topological polar surface area (TPSA) is 98.7 Å². The average molecular weight is 466 g/mol. The van der Waals surface area contributed by atoms with Crippen molar-refractivity contribution in [2.24, 2.45) is 11.8 Å². The molecule has 0 heterocycles. The molecule has 190 valence electrons. The Balaban J connectivity index is 3.29. The van der Waals surface area contributed by atoms with Crippen LogP contribution in [-0.4, -0.2) is 58.5 Å². The van der Waals surface area contributed by atoms with E-state index in [1.807, 2.05) is 41.5 Å². The monoisotopic (exact) mass is 465 g/mol. The molecular weight excluding hydrogens is 418 g/mol. The van der Waals surface area contributed by atoms with Crippen LogP contribution in [0.5, 0.6) is 0 Å². The molecule has 1 aliphatic rings. The summed E-state index contributed by atoms with van der Waals surface area (Å²) in [4.78, 5) is 40.4. The molecule has 0 radical (unpaired) electrons. The number of rotatable bonds is 12. The number of hydrogen-bond acceptors (Lipinski definition) is 4. The van der Waals surface area contributed by atoms with Crippen LogP contribution in [0.3, 0.4) is 0 Å². The first-order chi connectivity index (χ1) is 15.4. The minimum Gasteiger partial charge on any atom is -0.478 e. The van der Waals surface area contributed by atoms with Crippen molar-refractivity contribution < 1.29 is 19.5 Å². The van der Waals surface area contributed by atoms with E-state index in [9.17, 15) is 19.5 Å². The fraction of sp³-hybridized carbons (Fsp3) is 0.808. The molecule has 1 fully saturated rings. The van der Waals surface area contributed by atoms with Gasteiger partial charge < -0.3 is 20.6 Å². The Kier molecular flexibility index (Phi) is 11.6. The van der Waals surface area contributed by atoms with Gasteiger partial charge in [-0.25, -0.2) is 4.79 Å². The zero-order valence-corrected chi connectivity index (χ0v) is 22.0. The molecule has 1 unspecified atom stereocenters. The maximum absolute atomic E-state index is 13.8. The summed E-state index contributed by atoms with van der Waals surface area (Å²) in [6, 6.07) is -0.849. The molecule has 0 aromatic heterocycles. The van der Waals surface area contributed by atoms with Crippen molar-refractivity contribution >= 4 is 17.8 Å². The van der Waals surface area contributed by atoms with Crippen LogP contribution in [0.15, 0.2) is 11.6 Å². The Morgan fingerprint density at radius 2 is 1.61 bits per heavy atom. The van der Waals surface area contributed by atoms with E-state index in [4.69, 9.17) is 0 Å². The number of carboxylic acids is 1. The van der Waals surface area contributed by atoms with Crippen LogP contribution in [0.4, 0.5) is 0 Å². The minimum atomic E-state index is -0.992. The summed E-state index contributed by atoms with van der Waals surface area (Å²) >= 11 is 0. The van der Waals surface area contributed by atoms with E-state index < -0.39 is 17.6 Å². The van der Waals surface area contributed by atoms with Crippen molar-refractivity contribution in [3.63, 3.8) is 0 Å². The Morgan fingerprint density at radius 3 is 2.03 bits per heavy atom. The normalized spacial score (nSPS) is 17.7. The lowest BCUT2D eigenvalue weighted by Crippen LogP contribution is -2.63. The third kappa shape index (κ3) is 7.83. The molecule has 7 nitrogen and oxygen atoms in total. The highest BCUT2D eigenvalue weighted by atomic mass is 16.4. The van der Waals surface area contributed by atoms with E-state index in [2.05, 4.69) is 10.6 Å². The third-order valence-electron chi connectivity index (χ3n) is 7.12. The van der Waals surface area contributed by atoms with Gasteiger partial charge in [0.2, 0.25) is 11.8 Å². The minimum absolute atomic E-state index is 0.0314. The lowest BCUT2D eigenvalue weighted by Gasteiger charge is -2.39. The van der Waals surface area contributed by atoms with Gasteiger partial charge in [0.05, 0.1) is 11.6 Å². The summed E-state index contributed by atoms with van der Waals surface area (Å²) in [7, 11) is 1.72. The first-order valence-electron chi connectivity index (χ1n) is 12.7. The number of amides is 2. The van der Waals surface area contributed by atoms with Crippen LogP contribution < -0.4 is 10.6 Å². The molecule has 1 saturated carbocycles. The molecule has 0 aliphatic heterocycles. The summed E-state index contributed by atoms with van der Waals surface area (Å²) in [6.45, 7) is 13.5. The van der Waals surface area contributed by atoms with E-state index >= 15 is 0 Å². The maximum Gasteiger partial charge on any atom is 0.331 e. The Morgan fingerprint density at radius 1 is 1.06 bits per heavy atom. The van der Waals surface area contributed by atoms with Gasteiger partial charge in [-0.15, -0.1) is 0 Å². The Labute approximate surface area is 200 Å². The number of carboxylic acid groups (broad SMARTS) is 1. The summed E-state index contributed by atoms with van der Waals surface area (Å²) < 4.78 is 0. The van der Waals surface area contributed by atoms with Crippen LogP contribution in [0, 0.1) is 11.8 Å². The molecule has 7 heteroatoms. The second-order valence-electron chi connectivity index (χ2n) is 10.3. The highest BCUT2D eigenvalue weighted by Crippen LogP contribution is 2.29. The van der Waals surface area contributed by atoms with Gasteiger partial charge in [0.1, 0.15) is 6.04 Å². The quantitative estimate of drug-likeness (QED) is 0.377. The number of carbonyl (C=O) groups excluding carboxylic acids is 2. The second kappa shape index (κ2) is 13.1. The van der Waals surface area contributed by atoms with Crippen molar-refractivity contribution in [3.8, 4) is 0 Å². The van der Waals surface area contributed by atoms with Gasteiger partial charge in [-0.2, -0.15) is 0 Å². The van der Waals surface area contributed by atoms with Gasteiger partial charge in [0.25, 0.3) is 0 Å². The molecule has 1 aliphatic carbocycles. The smallest absolute Gasteiger partial charge is 0.331 e. The van der Waals surface area contributed by atoms with Crippen molar-refractivity contribution in [1.29, 1.82) is 0 Å². The molecular formula is C26H47N3O4. The summed E-state index contributed by atoms with van der Waals surface area (Å²) in [5.74, 6) is -1.15. The second-order valence-corrected chi connectivity index (χ2v) is 10.3. The number of nitrogens with one attached hydrogen (secondary N) is 2. The molecule has 0 bridgehead atoms. The molecule has 1 rings (SSSR count). The first kappa shape index (κ1) is 29.1. The molecule has 0 aromatic carbocycles. The highest BCUT2D eigenvalue weighted by molar-refractivity contribution is 5.92. The van der Waals surface area contributed by atoms with E-state index in [0.717, 1.165) is 32.1 Å². The lowest BCUT2D eigenvalue weighted by atomic mass is 9.82. The van der Waals surface area contributed by atoms with Crippen molar-refractivity contribution in [2.75, 3.05) is 7.05 Å². The summed E-state index contributed by atoms with van der Waals surface area (Å²) in [5, 5.41) is 15.9. The van der Waals surface area contributed by atoms with Crippen molar-refractivity contribution in [3.05, 3.63) is 11.6 Å². The molecule has 33 heavy (non-hydrogen) atoms. The molecule has 0 spiro atoms. The van der Waals surface area contributed by atoms with E-state index in [0.29, 0.717) is 12.8 Å². The average Bonchev–Trinajstić information content (AvgIpc) is 2.78. The Bertz CT molecular complexity index is 692. The fourth-order valence-corrected chi connectivity index (χ4v) is 4.97. The zero-order valence-electron chi connectivity index (χ0n) is 22.0. The number of nitrogens with zero attached hydrogens (tertiary/aromatic N) is 1. The molecule has 0 saturated heterocycles. The van der Waals surface area contributed by atoms with Gasteiger partial charge in [0, 0.05) is 18.7 Å². The predicted molar refractivity (Wildman–Crippen MR) is 133 cm³/mol. The highest BCUT2D eigenvalue weighted by Gasteiger charge is 2.41. The van der Waals surface area contributed by atoms with Crippen LogP contribution in [0.25, 0.3) is 0 Å². The maximum atomic E-state index is 13.8. The van der Waals surface area contributed by atoms with Gasteiger partial charge in [0.15, 0.2) is 0 Å². The first-order valence-corrected chi connectivity index (χ1v) is 12.7. The van der Waals surface area contributed by atoms with E-state index in [1.54, 1.807) is 24.9 Å². The van der Waals surface area contributed by atoms with E-state index in [-0.39, 0.29) is 41.3 Å². The van der Waals surface area contributed by atoms with Crippen LogP contribution in [0.1, 0.15) is 93.4 Å². The molecule has 2 amide bonds. The number of hydrogen-bond donors (Lipinski definition) is 3. The molecule has 0 aromatic rings. The van der Waals surface area contributed by atoms with Crippen molar-refractivity contribution in [1.82, 2.24) is 15.5 Å². The van der Waals surface area contributed by atoms with Crippen LogP contribution in [0.2, 0.25) is 0 Å². The number of likely N-dealkylation sites (N-methyl/N-ethyl adjacent to an activating group) is 1. The Hall–Kier alpha value is -1.89. The van der Waals surface area contributed by atoms with Crippen molar-refractivity contribution in [2.45, 2.75) is 117 Å². The number of aliphatic carboxylic acids is 1. The molecule has 2 atom stereocenters. The van der Waals surface area contributed by atoms with Crippen LogP contribution >= 0.6 is 0 Å². The van der Waals surface area contributed by atoms with Gasteiger partial charge in [-0.1, -0.05) is 53.0 Å². The SMILES string of the molecule is CCC(CC)(NC(C)C)C(=O)NC(C(=O)N(C)[C@H](/C=C(\C)C(=O)O)C(C)C)C1CCCCC1. The van der Waals surface area contributed by atoms with Gasteiger partial charge in [-0.05, 0) is 58.3 Å². The van der Waals surface area contributed by atoms with Gasteiger partial charge >= 0.3 is 5.97 Å². The number of carbonyl (C=O) groups is 3.